The fraction of sp³-hybridized carbons (Fsp3) is 0.429. The molecule has 1 aromatic rings. The molecule has 15 heavy (non-hydrogen) atoms. The van der Waals surface area contributed by atoms with Crippen molar-refractivity contribution < 1.29 is 8.78 Å². The van der Waals surface area contributed by atoms with Gasteiger partial charge < -0.3 is 11.1 Å². The molecule has 3 N–H and O–H groups in total. The maximum Gasteiger partial charge on any atom is 0.276 e. The molecule has 0 aliphatic carbocycles. The molecule has 0 aromatic carbocycles. The van der Waals surface area contributed by atoms with Crippen LogP contribution in [0, 0.1) is 0 Å². The summed E-state index contributed by atoms with van der Waals surface area (Å²) in [7, 11) is 0. The number of alkyl halides is 2. The van der Waals surface area contributed by atoms with E-state index in [0.717, 1.165) is 0 Å². The topological polar surface area (TPSA) is 63.8 Å². The molecule has 0 atom stereocenters. The number of anilines is 1. The Balaban J connectivity index is 2.69. The zero-order valence-corrected chi connectivity index (χ0v) is 8.99. The van der Waals surface area contributed by atoms with Crippen LogP contribution in [0.25, 0.3) is 0 Å². The Morgan fingerprint density at radius 1 is 1.40 bits per heavy atom. The van der Waals surface area contributed by atoms with E-state index in [1.165, 1.54) is 6.07 Å². The van der Waals surface area contributed by atoms with Gasteiger partial charge in [0.25, 0.3) is 5.92 Å². The van der Waals surface area contributed by atoms with Gasteiger partial charge in [0.15, 0.2) is 10.3 Å². The van der Waals surface area contributed by atoms with Crippen LogP contribution in [0.4, 0.5) is 14.5 Å². The zero-order chi connectivity index (χ0) is 11.5. The van der Waals surface area contributed by atoms with Gasteiger partial charge in [-0.2, -0.15) is 0 Å². The molecule has 0 bridgehead atoms. The largest absolute Gasteiger partial charge is 0.376 e. The Labute approximate surface area is 94.8 Å². The smallest absolute Gasteiger partial charge is 0.276 e. The number of nitrogens with zero attached hydrogens (tertiary/aromatic N) is 2. The van der Waals surface area contributed by atoms with Crippen molar-refractivity contribution in [2.24, 2.45) is 5.73 Å². The quantitative estimate of drug-likeness (QED) is 0.863. The molecule has 4 nitrogen and oxygen atoms in total. The second kappa shape index (κ2) is 4.87. The summed E-state index contributed by atoms with van der Waals surface area (Å²) in [5.74, 6) is -3.00. The molecule has 0 unspecified atom stereocenters. The molecule has 0 aliphatic heterocycles. The fourth-order valence-corrected chi connectivity index (χ4v) is 1.08. The van der Waals surface area contributed by atoms with Gasteiger partial charge in [0.05, 0.1) is 18.8 Å². The van der Waals surface area contributed by atoms with Crippen LogP contribution in [0.3, 0.4) is 0 Å². The first-order valence-electron chi connectivity index (χ1n) is 3.95. The lowest BCUT2D eigenvalue weighted by molar-refractivity contribution is 0.0254. The predicted molar refractivity (Wildman–Crippen MR) is 54.5 cm³/mol. The molecule has 1 rings (SSSR count). The molecule has 1 heterocycles. The van der Waals surface area contributed by atoms with Crippen molar-refractivity contribution in [2.75, 3.05) is 18.4 Å². The van der Waals surface area contributed by atoms with Gasteiger partial charge >= 0.3 is 0 Å². The van der Waals surface area contributed by atoms with Gasteiger partial charge in [-0.05, 0) is 0 Å². The molecule has 0 saturated carbocycles. The maximum absolute atomic E-state index is 12.8. The molecule has 0 spiro atoms. The third-order valence-electron chi connectivity index (χ3n) is 1.56. The van der Waals surface area contributed by atoms with E-state index in [1.54, 1.807) is 0 Å². The van der Waals surface area contributed by atoms with Crippen molar-refractivity contribution in [3.8, 4) is 0 Å². The lowest BCUT2D eigenvalue weighted by Gasteiger charge is -2.15. The van der Waals surface area contributed by atoms with Crippen LogP contribution >= 0.6 is 23.2 Å². The predicted octanol–water partition coefficient (Wildman–Crippen LogP) is 1.79. The first kappa shape index (κ1) is 12.4. The Hall–Kier alpha value is -0.720. The second-order valence-corrected chi connectivity index (χ2v) is 3.53. The SMILES string of the molecule is NCC(F)(F)CNc1cc(Cl)nnc1Cl. The van der Waals surface area contributed by atoms with Gasteiger partial charge in [-0.15, -0.1) is 10.2 Å². The van der Waals surface area contributed by atoms with Crippen LogP contribution < -0.4 is 11.1 Å². The first-order valence-corrected chi connectivity index (χ1v) is 4.71. The summed E-state index contributed by atoms with van der Waals surface area (Å²) in [6.45, 7) is -1.38. The molecular weight excluding hydrogens is 249 g/mol. The molecule has 8 heteroatoms. The van der Waals surface area contributed by atoms with Crippen LogP contribution in [-0.4, -0.2) is 29.2 Å². The summed E-state index contributed by atoms with van der Waals surface area (Å²) >= 11 is 11.1. The minimum absolute atomic E-state index is 0.0211. The number of nitrogens with two attached hydrogens (primary N) is 1. The number of aromatic nitrogens is 2. The Morgan fingerprint density at radius 3 is 2.67 bits per heavy atom. The van der Waals surface area contributed by atoms with Gasteiger partial charge in [0.1, 0.15) is 0 Å². The normalized spacial score (nSPS) is 11.5. The van der Waals surface area contributed by atoms with Crippen LogP contribution in [0.2, 0.25) is 10.3 Å². The Morgan fingerprint density at radius 2 is 2.07 bits per heavy atom. The summed E-state index contributed by atoms with van der Waals surface area (Å²) in [5.41, 5.74) is 5.06. The highest BCUT2D eigenvalue weighted by Crippen LogP contribution is 2.22. The van der Waals surface area contributed by atoms with E-state index in [1.807, 2.05) is 0 Å². The third-order valence-corrected chi connectivity index (χ3v) is 2.02. The van der Waals surface area contributed by atoms with Crippen molar-refractivity contribution in [3.05, 3.63) is 16.4 Å². The number of hydrogen-bond donors (Lipinski definition) is 2. The van der Waals surface area contributed by atoms with E-state index in [-0.39, 0.29) is 16.0 Å². The molecule has 0 radical (unpaired) electrons. The number of rotatable bonds is 4. The summed E-state index contributed by atoms with van der Waals surface area (Å²) in [6.07, 6.45) is 0. The second-order valence-electron chi connectivity index (χ2n) is 2.79. The average Bonchev–Trinajstić information content (AvgIpc) is 2.20. The molecular formula is C7H8Cl2F2N4. The lowest BCUT2D eigenvalue weighted by Crippen LogP contribution is -2.35. The molecule has 0 fully saturated rings. The van der Waals surface area contributed by atoms with Gasteiger partial charge in [-0.25, -0.2) is 8.78 Å². The highest BCUT2D eigenvalue weighted by atomic mass is 35.5. The third kappa shape index (κ3) is 3.73. The monoisotopic (exact) mass is 256 g/mol. The number of hydrogen-bond acceptors (Lipinski definition) is 4. The van der Waals surface area contributed by atoms with Gasteiger partial charge in [-0.3, -0.25) is 0 Å². The Bertz CT molecular complexity index is 348. The molecule has 1 aromatic heterocycles. The molecule has 0 saturated heterocycles. The molecule has 0 amide bonds. The molecule has 0 aliphatic rings. The van der Waals surface area contributed by atoms with Crippen molar-refractivity contribution in [1.82, 2.24) is 10.2 Å². The van der Waals surface area contributed by atoms with E-state index in [9.17, 15) is 8.78 Å². The maximum atomic E-state index is 12.8. The minimum Gasteiger partial charge on any atom is -0.376 e. The van der Waals surface area contributed by atoms with Crippen molar-refractivity contribution in [2.45, 2.75) is 5.92 Å². The van der Waals surface area contributed by atoms with Crippen LogP contribution in [-0.2, 0) is 0 Å². The van der Waals surface area contributed by atoms with E-state index in [0.29, 0.717) is 0 Å². The summed E-state index contributed by atoms with van der Waals surface area (Å²) < 4.78 is 25.5. The summed E-state index contributed by atoms with van der Waals surface area (Å²) in [6, 6.07) is 1.31. The Kier molecular flexibility index (Phi) is 4.01. The van der Waals surface area contributed by atoms with Crippen LogP contribution in [0.1, 0.15) is 0 Å². The average molecular weight is 257 g/mol. The fourth-order valence-electron chi connectivity index (χ4n) is 0.774. The zero-order valence-electron chi connectivity index (χ0n) is 7.48. The van der Waals surface area contributed by atoms with Crippen LogP contribution in [0.5, 0.6) is 0 Å². The van der Waals surface area contributed by atoms with E-state index in [4.69, 9.17) is 28.9 Å². The van der Waals surface area contributed by atoms with E-state index in [2.05, 4.69) is 15.5 Å². The van der Waals surface area contributed by atoms with Crippen molar-refractivity contribution in [1.29, 1.82) is 0 Å². The van der Waals surface area contributed by atoms with E-state index < -0.39 is 19.0 Å². The first-order chi connectivity index (χ1) is 6.94. The van der Waals surface area contributed by atoms with Crippen molar-refractivity contribution in [3.63, 3.8) is 0 Å². The minimum atomic E-state index is -3.00. The lowest BCUT2D eigenvalue weighted by atomic mass is 10.3. The van der Waals surface area contributed by atoms with Gasteiger partial charge in [-0.1, -0.05) is 23.2 Å². The van der Waals surface area contributed by atoms with E-state index >= 15 is 0 Å². The molecule has 84 valence electrons. The summed E-state index contributed by atoms with van der Waals surface area (Å²) in [5, 5.41) is 9.33. The highest BCUT2D eigenvalue weighted by Gasteiger charge is 2.26. The number of nitrogens with one attached hydrogen (secondary N) is 1. The standard InChI is InChI=1S/C7H8Cl2F2N4/c8-5-1-4(6(9)15-14-5)13-3-7(10,11)2-12/h1H,2-3,12H2,(H,13,14). The van der Waals surface area contributed by atoms with Gasteiger partial charge in [0.2, 0.25) is 0 Å². The van der Waals surface area contributed by atoms with Crippen LogP contribution in [0.15, 0.2) is 6.07 Å². The van der Waals surface area contributed by atoms with Gasteiger partial charge in [0, 0.05) is 6.07 Å². The summed E-state index contributed by atoms with van der Waals surface area (Å²) in [4.78, 5) is 0. The highest BCUT2D eigenvalue weighted by molar-refractivity contribution is 6.33. The van der Waals surface area contributed by atoms with Crippen molar-refractivity contribution >= 4 is 28.9 Å². The number of halogens is 4.